The summed E-state index contributed by atoms with van der Waals surface area (Å²) in [6, 6.07) is 6.24. The molecular weight excluding hydrogens is 379 g/mol. The average Bonchev–Trinajstić information content (AvgIpc) is 2.83. The third kappa shape index (κ3) is 5.02. The van der Waals surface area contributed by atoms with Crippen LogP contribution in [-0.2, 0) is 16.1 Å². The molecule has 0 aliphatic rings. The summed E-state index contributed by atoms with van der Waals surface area (Å²) < 4.78 is 15.8. The van der Waals surface area contributed by atoms with Crippen LogP contribution in [0, 0.1) is 19.7 Å². The van der Waals surface area contributed by atoms with E-state index in [0.29, 0.717) is 4.47 Å². The summed E-state index contributed by atoms with van der Waals surface area (Å²) in [4.78, 5) is 23.4. The zero-order valence-electron chi connectivity index (χ0n) is 13.1. The zero-order chi connectivity index (χ0) is 17.7. The van der Waals surface area contributed by atoms with Gasteiger partial charge >= 0.3 is 0 Å². The number of hydrogen-bond donors (Lipinski definition) is 2. The molecule has 0 saturated carbocycles. The monoisotopic (exact) mass is 394 g/mol. The molecule has 1 aromatic heterocycles. The van der Waals surface area contributed by atoms with Crippen molar-refractivity contribution in [2.75, 3.05) is 0 Å². The van der Waals surface area contributed by atoms with Crippen molar-refractivity contribution in [3.05, 3.63) is 57.6 Å². The molecule has 0 spiro atoms. The van der Waals surface area contributed by atoms with Gasteiger partial charge in [-0.25, -0.2) is 4.39 Å². The largest absolute Gasteiger partial charge is 0.271 e. The number of benzene rings is 1. The highest BCUT2D eigenvalue weighted by Crippen LogP contribution is 2.16. The summed E-state index contributed by atoms with van der Waals surface area (Å²) in [5.74, 6) is -1.44. The SMILES string of the molecule is Cc1cc(C)n(CC(=O)NNC(=O)/C=C/c2cc(Br)ccc2F)n1. The minimum absolute atomic E-state index is 0.00999. The van der Waals surface area contributed by atoms with Gasteiger partial charge in [0.2, 0.25) is 0 Å². The van der Waals surface area contributed by atoms with E-state index in [1.807, 2.05) is 19.9 Å². The first-order chi connectivity index (χ1) is 11.3. The summed E-state index contributed by atoms with van der Waals surface area (Å²) in [5, 5.41) is 4.15. The van der Waals surface area contributed by atoms with Gasteiger partial charge in [0, 0.05) is 21.8 Å². The lowest BCUT2D eigenvalue weighted by Crippen LogP contribution is -2.42. The van der Waals surface area contributed by atoms with Gasteiger partial charge in [0.25, 0.3) is 11.8 Å². The molecule has 0 atom stereocenters. The lowest BCUT2D eigenvalue weighted by Gasteiger charge is -2.06. The first-order valence-corrected chi connectivity index (χ1v) is 7.87. The van der Waals surface area contributed by atoms with Crippen molar-refractivity contribution >= 4 is 33.8 Å². The topological polar surface area (TPSA) is 76.0 Å². The van der Waals surface area contributed by atoms with Crippen LogP contribution >= 0.6 is 15.9 Å². The van der Waals surface area contributed by atoms with Gasteiger partial charge in [-0.3, -0.25) is 25.1 Å². The van der Waals surface area contributed by atoms with Crippen LogP contribution in [0.15, 0.2) is 34.8 Å². The van der Waals surface area contributed by atoms with Gasteiger partial charge in [-0.1, -0.05) is 15.9 Å². The minimum Gasteiger partial charge on any atom is -0.271 e. The molecular formula is C16H16BrFN4O2. The van der Waals surface area contributed by atoms with Gasteiger partial charge in [-0.2, -0.15) is 5.10 Å². The Kier molecular flexibility index (Phi) is 5.86. The van der Waals surface area contributed by atoms with Gasteiger partial charge in [-0.05, 0) is 44.2 Å². The van der Waals surface area contributed by atoms with Crippen LogP contribution in [0.2, 0.25) is 0 Å². The van der Waals surface area contributed by atoms with Crippen molar-refractivity contribution in [3.63, 3.8) is 0 Å². The quantitative estimate of drug-likeness (QED) is 0.616. The van der Waals surface area contributed by atoms with Crippen molar-refractivity contribution in [1.29, 1.82) is 0 Å². The van der Waals surface area contributed by atoms with Crippen LogP contribution in [0.4, 0.5) is 4.39 Å². The summed E-state index contributed by atoms with van der Waals surface area (Å²) in [6.45, 7) is 3.65. The van der Waals surface area contributed by atoms with E-state index in [2.05, 4.69) is 31.9 Å². The second-order valence-electron chi connectivity index (χ2n) is 5.12. The second kappa shape index (κ2) is 7.87. The van der Waals surface area contributed by atoms with Crippen LogP contribution in [-0.4, -0.2) is 21.6 Å². The molecule has 0 unspecified atom stereocenters. The molecule has 6 nitrogen and oxygen atoms in total. The lowest BCUT2D eigenvalue weighted by atomic mass is 10.2. The Morgan fingerprint density at radius 2 is 2.04 bits per heavy atom. The molecule has 24 heavy (non-hydrogen) atoms. The number of aryl methyl sites for hydroxylation is 2. The number of amides is 2. The highest BCUT2D eigenvalue weighted by Gasteiger charge is 2.07. The van der Waals surface area contributed by atoms with Gasteiger partial charge in [0.1, 0.15) is 12.4 Å². The van der Waals surface area contributed by atoms with Gasteiger partial charge in [0.05, 0.1) is 5.69 Å². The molecule has 126 valence electrons. The summed E-state index contributed by atoms with van der Waals surface area (Å²) in [7, 11) is 0. The Balaban J connectivity index is 1.86. The van der Waals surface area contributed by atoms with E-state index in [4.69, 9.17) is 0 Å². The van der Waals surface area contributed by atoms with E-state index in [1.165, 1.54) is 16.8 Å². The number of rotatable bonds is 4. The Bertz CT molecular complexity index is 801. The van der Waals surface area contributed by atoms with E-state index in [0.717, 1.165) is 17.5 Å². The molecule has 8 heteroatoms. The summed E-state index contributed by atoms with van der Waals surface area (Å²) in [6.07, 6.45) is 2.46. The van der Waals surface area contributed by atoms with Crippen LogP contribution in [0.25, 0.3) is 6.08 Å². The molecule has 0 aliphatic heterocycles. The number of aromatic nitrogens is 2. The van der Waals surface area contributed by atoms with Crippen LogP contribution in [0.3, 0.4) is 0 Å². The molecule has 1 aromatic carbocycles. The number of carbonyl (C=O) groups is 2. The second-order valence-corrected chi connectivity index (χ2v) is 6.04. The van der Waals surface area contributed by atoms with Crippen molar-refractivity contribution in [1.82, 2.24) is 20.6 Å². The average molecular weight is 395 g/mol. The molecule has 1 heterocycles. The maximum atomic E-state index is 13.5. The number of carbonyl (C=O) groups excluding carboxylic acids is 2. The number of halogens is 2. The van der Waals surface area contributed by atoms with E-state index < -0.39 is 17.6 Å². The highest BCUT2D eigenvalue weighted by atomic mass is 79.9. The third-order valence-electron chi connectivity index (χ3n) is 3.09. The van der Waals surface area contributed by atoms with Crippen molar-refractivity contribution in [3.8, 4) is 0 Å². The maximum Gasteiger partial charge on any atom is 0.262 e. The fourth-order valence-corrected chi connectivity index (χ4v) is 2.37. The smallest absolute Gasteiger partial charge is 0.262 e. The Morgan fingerprint density at radius 1 is 1.29 bits per heavy atom. The summed E-state index contributed by atoms with van der Waals surface area (Å²) >= 11 is 3.23. The summed E-state index contributed by atoms with van der Waals surface area (Å²) in [5.41, 5.74) is 6.42. The van der Waals surface area contributed by atoms with E-state index in [-0.39, 0.29) is 12.1 Å². The van der Waals surface area contributed by atoms with Gasteiger partial charge in [-0.15, -0.1) is 0 Å². The Hall–Kier alpha value is -2.48. The lowest BCUT2D eigenvalue weighted by molar-refractivity contribution is -0.127. The number of nitrogens with one attached hydrogen (secondary N) is 2. The Labute approximate surface area is 146 Å². The molecule has 2 N–H and O–H groups in total. The fourth-order valence-electron chi connectivity index (χ4n) is 1.99. The molecule has 2 aromatic rings. The van der Waals surface area contributed by atoms with Crippen molar-refractivity contribution < 1.29 is 14.0 Å². The molecule has 2 rings (SSSR count). The maximum absolute atomic E-state index is 13.5. The van der Waals surface area contributed by atoms with Gasteiger partial charge < -0.3 is 0 Å². The zero-order valence-corrected chi connectivity index (χ0v) is 14.7. The standard InChI is InChI=1S/C16H16BrFN4O2/c1-10-7-11(2)22(21-10)9-16(24)20-19-15(23)6-3-12-8-13(17)4-5-14(12)18/h3-8H,9H2,1-2H3,(H,19,23)(H,20,24)/b6-3+. The van der Waals surface area contributed by atoms with Crippen molar-refractivity contribution in [2.24, 2.45) is 0 Å². The number of nitrogens with zero attached hydrogens (tertiary/aromatic N) is 2. The molecule has 0 saturated heterocycles. The normalized spacial score (nSPS) is 10.8. The van der Waals surface area contributed by atoms with E-state index >= 15 is 0 Å². The predicted molar refractivity (Wildman–Crippen MR) is 91.1 cm³/mol. The Morgan fingerprint density at radius 3 is 2.71 bits per heavy atom. The number of hydrazine groups is 1. The van der Waals surface area contributed by atoms with Crippen molar-refractivity contribution in [2.45, 2.75) is 20.4 Å². The minimum atomic E-state index is -0.573. The molecule has 0 fully saturated rings. The molecule has 0 aliphatic carbocycles. The van der Waals surface area contributed by atoms with Crippen LogP contribution in [0.1, 0.15) is 17.0 Å². The first kappa shape index (κ1) is 17.9. The molecule has 0 bridgehead atoms. The van der Waals surface area contributed by atoms with Gasteiger partial charge in [0.15, 0.2) is 0 Å². The highest BCUT2D eigenvalue weighted by molar-refractivity contribution is 9.10. The first-order valence-electron chi connectivity index (χ1n) is 7.08. The van der Waals surface area contributed by atoms with E-state index in [9.17, 15) is 14.0 Å². The predicted octanol–water partition coefficient (Wildman–Crippen LogP) is 2.26. The molecule has 2 amide bonds. The van der Waals surface area contributed by atoms with E-state index in [1.54, 1.807) is 12.1 Å². The van der Waals surface area contributed by atoms with Crippen LogP contribution in [0.5, 0.6) is 0 Å². The third-order valence-corrected chi connectivity index (χ3v) is 3.59. The fraction of sp³-hybridized carbons (Fsp3) is 0.188. The number of hydrogen-bond acceptors (Lipinski definition) is 3. The molecule has 0 radical (unpaired) electrons. The van der Waals surface area contributed by atoms with Crippen LogP contribution < -0.4 is 10.9 Å².